The Morgan fingerprint density at radius 2 is 1.90 bits per heavy atom. The minimum Gasteiger partial charge on any atom is -0.311 e. The van der Waals surface area contributed by atoms with Crippen molar-refractivity contribution in [1.82, 2.24) is 4.57 Å². The SMILES string of the molecule is N#Cc1cccc(Cn2ccc3c(Cl)cccc3c2=O)c1. The monoisotopic (exact) mass is 294 g/mol. The van der Waals surface area contributed by atoms with Gasteiger partial charge in [0.15, 0.2) is 0 Å². The molecule has 0 spiro atoms. The van der Waals surface area contributed by atoms with Crippen molar-refractivity contribution in [3.63, 3.8) is 0 Å². The van der Waals surface area contributed by atoms with Gasteiger partial charge in [-0.05, 0) is 35.9 Å². The van der Waals surface area contributed by atoms with Crippen LogP contribution in [0.15, 0.2) is 59.5 Å². The summed E-state index contributed by atoms with van der Waals surface area (Å²) in [6, 6.07) is 16.5. The van der Waals surface area contributed by atoms with E-state index < -0.39 is 0 Å². The van der Waals surface area contributed by atoms with Crippen molar-refractivity contribution in [2.75, 3.05) is 0 Å². The Balaban J connectivity index is 2.08. The van der Waals surface area contributed by atoms with Gasteiger partial charge in [-0.3, -0.25) is 4.79 Å². The molecule has 0 aliphatic heterocycles. The van der Waals surface area contributed by atoms with E-state index in [9.17, 15) is 4.79 Å². The average Bonchev–Trinajstić information content (AvgIpc) is 2.51. The zero-order valence-electron chi connectivity index (χ0n) is 11.1. The highest BCUT2D eigenvalue weighted by Crippen LogP contribution is 2.20. The number of fused-ring (bicyclic) bond motifs is 1. The Hall–Kier alpha value is -2.57. The van der Waals surface area contributed by atoms with Crippen LogP contribution in [0.3, 0.4) is 0 Å². The standard InChI is InChI=1S/C17H11ClN2O/c18-16-6-2-5-15-14(16)7-8-20(17(15)21)11-13-4-1-3-12(9-13)10-19/h1-9H,11H2. The third-order valence-corrected chi connectivity index (χ3v) is 3.70. The van der Waals surface area contributed by atoms with Crippen LogP contribution in [-0.4, -0.2) is 4.57 Å². The summed E-state index contributed by atoms with van der Waals surface area (Å²) < 4.78 is 1.62. The first-order valence-corrected chi connectivity index (χ1v) is 6.83. The molecule has 2 aromatic carbocycles. The second kappa shape index (κ2) is 5.43. The number of aromatic nitrogens is 1. The van der Waals surface area contributed by atoms with Crippen molar-refractivity contribution in [2.45, 2.75) is 6.54 Å². The first-order valence-electron chi connectivity index (χ1n) is 6.46. The molecule has 0 unspecified atom stereocenters. The van der Waals surface area contributed by atoms with E-state index in [0.717, 1.165) is 10.9 Å². The van der Waals surface area contributed by atoms with Gasteiger partial charge in [-0.2, -0.15) is 5.26 Å². The van der Waals surface area contributed by atoms with Gasteiger partial charge in [-0.25, -0.2) is 0 Å². The number of rotatable bonds is 2. The Kier molecular flexibility index (Phi) is 3.47. The fraction of sp³-hybridized carbons (Fsp3) is 0.0588. The fourth-order valence-electron chi connectivity index (χ4n) is 2.34. The van der Waals surface area contributed by atoms with Gasteiger partial charge >= 0.3 is 0 Å². The first kappa shape index (κ1) is 13.4. The molecule has 0 fully saturated rings. The molecule has 3 aromatic rings. The molecule has 1 heterocycles. The predicted octanol–water partition coefficient (Wildman–Crippen LogP) is 3.57. The van der Waals surface area contributed by atoms with Crippen molar-refractivity contribution < 1.29 is 0 Å². The van der Waals surface area contributed by atoms with Crippen LogP contribution in [0.25, 0.3) is 10.8 Å². The van der Waals surface area contributed by atoms with E-state index in [1.807, 2.05) is 18.2 Å². The van der Waals surface area contributed by atoms with Crippen LogP contribution in [0.1, 0.15) is 11.1 Å². The van der Waals surface area contributed by atoms with Gasteiger partial charge in [0, 0.05) is 22.0 Å². The summed E-state index contributed by atoms with van der Waals surface area (Å²) in [6.07, 6.45) is 1.73. The van der Waals surface area contributed by atoms with Gasteiger partial charge in [0.2, 0.25) is 0 Å². The molecule has 0 amide bonds. The van der Waals surface area contributed by atoms with Crippen LogP contribution in [-0.2, 0) is 6.54 Å². The van der Waals surface area contributed by atoms with Crippen LogP contribution in [0, 0.1) is 11.3 Å². The maximum absolute atomic E-state index is 12.5. The third-order valence-electron chi connectivity index (χ3n) is 3.37. The average molecular weight is 295 g/mol. The predicted molar refractivity (Wildman–Crippen MR) is 83.5 cm³/mol. The maximum atomic E-state index is 12.5. The van der Waals surface area contributed by atoms with Crippen molar-refractivity contribution in [1.29, 1.82) is 5.26 Å². The topological polar surface area (TPSA) is 45.8 Å². The lowest BCUT2D eigenvalue weighted by atomic mass is 10.1. The van der Waals surface area contributed by atoms with Crippen LogP contribution in [0.4, 0.5) is 0 Å². The molecule has 0 atom stereocenters. The summed E-state index contributed by atoms with van der Waals surface area (Å²) >= 11 is 6.10. The van der Waals surface area contributed by atoms with Crippen molar-refractivity contribution in [3.8, 4) is 6.07 Å². The zero-order chi connectivity index (χ0) is 14.8. The highest BCUT2D eigenvalue weighted by molar-refractivity contribution is 6.35. The highest BCUT2D eigenvalue weighted by atomic mass is 35.5. The second-order valence-corrected chi connectivity index (χ2v) is 5.17. The lowest BCUT2D eigenvalue weighted by Crippen LogP contribution is -2.20. The van der Waals surface area contributed by atoms with Crippen LogP contribution >= 0.6 is 11.6 Å². The van der Waals surface area contributed by atoms with E-state index in [2.05, 4.69) is 6.07 Å². The Morgan fingerprint density at radius 1 is 1.10 bits per heavy atom. The molecule has 0 saturated carbocycles. The van der Waals surface area contributed by atoms with E-state index >= 15 is 0 Å². The Bertz CT molecular complexity index is 922. The van der Waals surface area contributed by atoms with E-state index in [-0.39, 0.29) is 5.56 Å². The third kappa shape index (κ3) is 2.54. The number of hydrogen-bond acceptors (Lipinski definition) is 2. The van der Waals surface area contributed by atoms with Crippen molar-refractivity contribution >= 4 is 22.4 Å². The van der Waals surface area contributed by atoms with Gasteiger partial charge < -0.3 is 4.57 Å². The number of benzene rings is 2. The lowest BCUT2D eigenvalue weighted by molar-refractivity contribution is 0.768. The summed E-state index contributed by atoms with van der Waals surface area (Å²) in [4.78, 5) is 12.5. The minimum atomic E-state index is -0.0858. The first-order chi connectivity index (χ1) is 10.2. The van der Waals surface area contributed by atoms with Crippen molar-refractivity contribution in [2.24, 2.45) is 0 Å². The number of nitrogens with zero attached hydrogens (tertiary/aromatic N) is 2. The molecule has 21 heavy (non-hydrogen) atoms. The molecule has 1 aromatic heterocycles. The number of hydrogen-bond donors (Lipinski definition) is 0. The maximum Gasteiger partial charge on any atom is 0.258 e. The summed E-state index contributed by atoms with van der Waals surface area (Å²) in [6.45, 7) is 0.427. The molecular weight excluding hydrogens is 284 g/mol. The Morgan fingerprint density at radius 3 is 2.71 bits per heavy atom. The van der Waals surface area contributed by atoms with E-state index in [1.165, 1.54) is 0 Å². The molecular formula is C17H11ClN2O. The summed E-state index contributed by atoms with van der Waals surface area (Å²) in [7, 11) is 0. The summed E-state index contributed by atoms with van der Waals surface area (Å²) in [5.41, 5.74) is 1.42. The molecule has 0 bridgehead atoms. The molecule has 0 aliphatic rings. The van der Waals surface area contributed by atoms with Gasteiger partial charge in [-0.15, -0.1) is 0 Å². The lowest BCUT2D eigenvalue weighted by Gasteiger charge is -2.08. The molecule has 3 rings (SSSR count). The van der Waals surface area contributed by atoms with Gasteiger partial charge in [0.1, 0.15) is 0 Å². The molecule has 0 aliphatic carbocycles. The molecule has 0 N–H and O–H groups in total. The Labute approximate surface area is 126 Å². The summed E-state index contributed by atoms with van der Waals surface area (Å²) in [5, 5.41) is 10.8. The largest absolute Gasteiger partial charge is 0.311 e. The quantitative estimate of drug-likeness (QED) is 0.725. The number of pyridine rings is 1. The van der Waals surface area contributed by atoms with E-state index in [4.69, 9.17) is 16.9 Å². The number of halogens is 1. The highest BCUT2D eigenvalue weighted by Gasteiger charge is 2.06. The minimum absolute atomic E-state index is 0.0858. The molecule has 0 saturated heterocycles. The molecule has 3 nitrogen and oxygen atoms in total. The molecule has 102 valence electrons. The molecule has 0 radical (unpaired) electrons. The smallest absolute Gasteiger partial charge is 0.258 e. The van der Waals surface area contributed by atoms with E-state index in [1.54, 1.807) is 41.1 Å². The van der Waals surface area contributed by atoms with Crippen molar-refractivity contribution in [3.05, 3.63) is 81.2 Å². The number of nitriles is 1. The summed E-state index contributed by atoms with van der Waals surface area (Å²) in [5.74, 6) is 0. The van der Waals surface area contributed by atoms with Gasteiger partial charge in [0.05, 0.1) is 18.2 Å². The van der Waals surface area contributed by atoms with Crippen LogP contribution in [0.2, 0.25) is 5.02 Å². The van der Waals surface area contributed by atoms with Crippen LogP contribution in [0.5, 0.6) is 0 Å². The second-order valence-electron chi connectivity index (χ2n) is 4.76. The van der Waals surface area contributed by atoms with Crippen LogP contribution < -0.4 is 5.56 Å². The fourth-order valence-corrected chi connectivity index (χ4v) is 2.58. The van der Waals surface area contributed by atoms with E-state index in [0.29, 0.717) is 22.5 Å². The van der Waals surface area contributed by atoms with Gasteiger partial charge in [0.25, 0.3) is 5.56 Å². The zero-order valence-corrected chi connectivity index (χ0v) is 11.8. The van der Waals surface area contributed by atoms with Gasteiger partial charge in [-0.1, -0.05) is 29.8 Å². The molecule has 4 heteroatoms. The normalized spacial score (nSPS) is 10.5.